The molecule has 3 atom stereocenters. The number of urea groups is 1. The number of amides is 2. The molecular formula is C18H20ClN5O2. The number of nitrogens with zero attached hydrogens (tertiary/aromatic N) is 2. The number of rotatable bonds is 4. The van der Waals surface area contributed by atoms with Gasteiger partial charge in [0.05, 0.1) is 11.9 Å². The van der Waals surface area contributed by atoms with Gasteiger partial charge in [-0.2, -0.15) is 5.10 Å². The molecule has 1 aliphatic carbocycles. The van der Waals surface area contributed by atoms with Gasteiger partial charge in [0.1, 0.15) is 5.02 Å². The highest BCUT2D eigenvalue weighted by Gasteiger charge is 2.39. The molecule has 1 saturated carbocycles. The molecule has 0 spiro atoms. The molecule has 0 bridgehead atoms. The summed E-state index contributed by atoms with van der Waals surface area (Å²) in [7, 11) is 0. The van der Waals surface area contributed by atoms with Gasteiger partial charge in [-0.1, -0.05) is 41.9 Å². The fourth-order valence-electron chi connectivity index (χ4n) is 3.51. The number of carbonyl (C=O) groups is 1. The van der Waals surface area contributed by atoms with Crippen LogP contribution in [0.25, 0.3) is 0 Å². The topological polar surface area (TPSA) is 90.1 Å². The van der Waals surface area contributed by atoms with Crippen LogP contribution in [-0.2, 0) is 0 Å². The summed E-state index contributed by atoms with van der Waals surface area (Å²) >= 11 is 6.05. The Morgan fingerprint density at radius 3 is 2.88 bits per heavy atom. The minimum Gasteiger partial charge on any atom is -0.367 e. The molecule has 2 aromatic rings. The van der Waals surface area contributed by atoms with Crippen molar-refractivity contribution in [1.82, 2.24) is 20.8 Å². The molecule has 3 unspecified atom stereocenters. The lowest BCUT2D eigenvalue weighted by atomic mass is 10.1. The number of anilines is 1. The van der Waals surface area contributed by atoms with Crippen molar-refractivity contribution in [3.05, 3.63) is 57.5 Å². The van der Waals surface area contributed by atoms with Gasteiger partial charge in [-0.05, 0) is 18.4 Å². The van der Waals surface area contributed by atoms with Crippen molar-refractivity contribution in [3.63, 3.8) is 0 Å². The minimum absolute atomic E-state index is 0.0132. The molecule has 2 heterocycles. The van der Waals surface area contributed by atoms with Gasteiger partial charge in [-0.25, -0.2) is 9.89 Å². The maximum Gasteiger partial charge on any atom is 0.315 e. The first-order chi connectivity index (χ1) is 12.6. The van der Waals surface area contributed by atoms with E-state index in [1.165, 1.54) is 5.56 Å². The number of benzene rings is 1. The van der Waals surface area contributed by atoms with Crippen LogP contribution in [-0.4, -0.2) is 41.4 Å². The molecule has 2 amide bonds. The van der Waals surface area contributed by atoms with Crippen LogP contribution in [0.2, 0.25) is 5.02 Å². The van der Waals surface area contributed by atoms with Crippen LogP contribution in [0.1, 0.15) is 24.3 Å². The van der Waals surface area contributed by atoms with Gasteiger partial charge in [0.2, 0.25) is 0 Å². The zero-order valence-corrected chi connectivity index (χ0v) is 14.9. The summed E-state index contributed by atoms with van der Waals surface area (Å²) in [5.41, 5.74) is 1.46. The van der Waals surface area contributed by atoms with Crippen molar-refractivity contribution in [2.75, 3.05) is 18.0 Å². The number of hydrogen-bond acceptors (Lipinski definition) is 4. The molecule has 1 aromatic carbocycles. The second kappa shape index (κ2) is 6.99. The number of hydrogen-bond donors (Lipinski definition) is 3. The fourth-order valence-corrected chi connectivity index (χ4v) is 3.72. The summed E-state index contributed by atoms with van der Waals surface area (Å²) in [6, 6.07) is 10.3. The smallest absolute Gasteiger partial charge is 0.315 e. The summed E-state index contributed by atoms with van der Waals surface area (Å²) in [5.74, 6) is 0.406. The van der Waals surface area contributed by atoms with Gasteiger partial charge in [-0.3, -0.25) is 4.79 Å². The first-order valence-electron chi connectivity index (χ1n) is 8.72. The predicted molar refractivity (Wildman–Crippen MR) is 99.7 cm³/mol. The SMILES string of the molecule is O=C(NC1CCN(c2cn[nH]c(=O)c2Cl)C1)NC1CC1c1ccccc1. The van der Waals surface area contributed by atoms with E-state index in [9.17, 15) is 9.59 Å². The number of H-pyrrole nitrogens is 1. The second-order valence-corrected chi connectivity index (χ2v) is 7.19. The van der Waals surface area contributed by atoms with E-state index in [1.807, 2.05) is 23.1 Å². The first-order valence-corrected chi connectivity index (χ1v) is 9.09. The summed E-state index contributed by atoms with van der Waals surface area (Å²) in [4.78, 5) is 25.8. The van der Waals surface area contributed by atoms with Gasteiger partial charge >= 0.3 is 6.03 Å². The van der Waals surface area contributed by atoms with Crippen molar-refractivity contribution in [1.29, 1.82) is 0 Å². The third-order valence-corrected chi connectivity index (χ3v) is 5.34. The van der Waals surface area contributed by atoms with Crippen LogP contribution in [0.5, 0.6) is 0 Å². The number of aromatic nitrogens is 2. The molecular weight excluding hydrogens is 354 g/mol. The Morgan fingerprint density at radius 1 is 1.27 bits per heavy atom. The second-order valence-electron chi connectivity index (χ2n) is 6.81. The monoisotopic (exact) mass is 373 g/mol. The van der Waals surface area contributed by atoms with Crippen LogP contribution in [0.3, 0.4) is 0 Å². The number of nitrogens with one attached hydrogen (secondary N) is 3. The number of aromatic amines is 1. The molecule has 4 rings (SSSR count). The summed E-state index contributed by atoms with van der Waals surface area (Å²) < 4.78 is 0. The van der Waals surface area contributed by atoms with E-state index in [0.717, 1.165) is 12.8 Å². The molecule has 136 valence electrons. The third-order valence-electron chi connectivity index (χ3n) is 4.98. The van der Waals surface area contributed by atoms with Crippen molar-refractivity contribution >= 4 is 23.3 Å². The molecule has 1 aromatic heterocycles. The Morgan fingerprint density at radius 2 is 2.08 bits per heavy atom. The van der Waals surface area contributed by atoms with Crippen LogP contribution < -0.4 is 21.1 Å². The van der Waals surface area contributed by atoms with E-state index in [2.05, 4.69) is 33.0 Å². The Hall–Kier alpha value is -2.54. The van der Waals surface area contributed by atoms with Gasteiger partial charge < -0.3 is 15.5 Å². The molecule has 7 nitrogen and oxygen atoms in total. The fraction of sp³-hybridized carbons (Fsp3) is 0.389. The Bertz CT molecular complexity index is 856. The molecule has 26 heavy (non-hydrogen) atoms. The third kappa shape index (κ3) is 3.53. The van der Waals surface area contributed by atoms with Crippen LogP contribution in [0.4, 0.5) is 10.5 Å². The lowest BCUT2D eigenvalue weighted by molar-refractivity contribution is 0.237. The van der Waals surface area contributed by atoms with E-state index in [0.29, 0.717) is 24.7 Å². The minimum atomic E-state index is -0.404. The van der Waals surface area contributed by atoms with Crippen molar-refractivity contribution in [2.24, 2.45) is 0 Å². The van der Waals surface area contributed by atoms with Gasteiger partial charge in [0.25, 0.3) is 5.56 Å². The molecule has 2 fully saturated rings. The summed E-state index contributed by atoms with van der Waals surface area (Å²) in [6.07, 6.45) is 3.31. The van der Waals surface area contributed by atoms with Gasteiger partial charge in [0, 0.05) is 31.1 Å². The Kier molecular flexibility index (Phi) is 4.55. The Balaban J connectivity index is 1.28. The first kappa shape index (κ1) is 16.9. The van der Waals surface area contributed by atoms with Crippen molar-refractivity contribution < 1.29 is 4.79 Å². The highest BCUT2D eigenvalue weighted by atomic mass is 35.5. The molecule has 8 heteroatoms. The van der Waals surface area contributed by atoms with E-state index >= 15 is 0 Å². The average molecular weight is 374 g/mol. The lowest BCUT2D eigenvalue weighted by Gasteiger charge is -2.19. The number of halogens is 1. The van der Waals surface area contributed by atoms with Crippen LogP contribution in [0.15, 0.2) is 41.3 Å². The maximum absolute atomic E-state index is 12.3. The number of carbonyl (C=O) groups excluding carboxylic acids is 1. The van der Waals surface area contributed by atoms with E-state index in [-0.39, 0.29) is 23.1 Å². The van der Waals surface area contributed by atoms with E-state index in [4.69, 9.17) is 11.6 Å². The van der Waals surface area contributed by atoms with E-state index < -0.39 is 5.56 Å². The maximum atomic E-state index is 12.3. The molecule has 1 saturated heterocycles. The molecule has 3 N–H and O–H groups in total. The van der Waals surface area contributed by atoms with Gasteiger partial charge in [-0.15, -0.1) is 0 Å². The highest BCUT2D eigenvalue weighted by Crippen LogP contribution is 2.40. The Labute approximate surface area is 155 Å². The lowest BCUT2D eigenvalue weighted by Crippen LogP contribution is -2.44. The quantitative estimate of drug-likeness (QED) is 0.763. The predicted octanol–water partition coefficient (Wildman–Crippen LogP) is 1.86. The molecule has 2 aliphatic rings. The van der Waals surface area contributed by atoms with Crippen LogP contribution in [0, 0.1) is 0 Å². The van der Waals surface area contributed by atoms with Crippen LogP contribution >= 0.6 is 11.6 Å². The molecule has 1 aliphatic heterocycles. The normalized spacial score (nSPS) is 24.3. The highest BCUT2D eigenvalue weighted by molar-refractivity contribution is 6.33. The summed E-state index contributed by atoms with van der Waals surface area (Å²) in [5, 5.41) is 12.3. The molecule has 0 radical (unpaired) electrons. The zero-order chi connectivity index (χ0) is 18.1. The standard InChI is InChI=1S/C18H20ClN5O2/c19-16-15(9-20-23-17(16)25)24-7-6-12(10-24)21-18(26)22-14-8-13(14)11-4-2-1-3-5-11/h1-5,9,12-14H,6-8,10H2,(H,23,25)(H2,21,22,26). The summed E-state index contributed by atoms with van der Waals surface area (Å²) in [6.45, 7) is 1.32. The van der Waals surface area contributed by atoms with Crippen molar-refractivity contribution in [2.45, 2.75) is 30.8 Å². The average Bonchev–Trinajstić information content (AvgIpc) is 3.25. The van der Waals surface area contributed by atoms with Gasteiger partial charge in [0.15, 0.2) is 0 Å². The van der Waals surface area contributed by atoms with Crippen molar-refractivity contribution in [3.8, 4) is 0 Å². The zero-order valence-electron chi connectivity index (χ0n) is 14.1. The van der Waals surface area contributed by atoms with E-state index in [1.54, 1.807) is 6.20 Å². The largest absolute Gasteiger partial charge is 0.367 e.